The normalized spacial score (nSPS) is 23.3. The van der Waals surface area contributed by atoms with Crippen molar-refractivity contribution in [2.24, 2.45) is 0 Å². The number of aryl methyl sites for hydroxylation is 2. The summed E-state index contributed by atoms with van der Waals surface area (Å²) in [7, 11) is 0. The van der Waals surface area contributed by atoms with Crippen LogP contribution in [0, 0.1) is 0 Å². The van der Waals surface area contributed by atoms with Crippen molar-refractivity contribution in [2.75, 3.05) is 19.7 Å². The van der Waals surface area contributed by atoms with Crippen LogP contribution in [0.15, 0.2) is 30.6 Å². The van der Waals surface area contributed by atoms with Crippen molar-refractivity contribution in [1.29, 1.82) is 0 Å². The Labute approximate surface area is 163 Å². The van der Waals surface area contributed by atoms with Crippen molar-refractivity contribution >= 4 is 17.2 Å². The van der Waals surface area contributed by atoms with Gasteiger partial charge in [0.25, 0.3) is 5.91 Å². The number of rotatable bonds is 4. The Morgan fingerprint density at radius 1 is 1.33 bits per heavy atom. The maximum absolute atomic E-state index is 12.8. The molecule has 2 aromatic heterocycles. The number of hydrogen-bond donors (Lipinski definition) is 0. The number of likely N-dealkylation sites (tertiary alicyclic amines) is 1. The lowest BCUT2D eigenvalue weighted by atomic mass is 9.84. The number of thiophene rings is 1. The first kappa shape index (κ1) is 17.3. The summed E-state index contributed by atoms with van der Waals surface area (Å²) >= 11 is 1.69. The van der Waals surface area contributed by atoms with Crippen molar-refractivity contribution < 1.29 is 14.3 Å². The van der Waals surface area contributed by atoms with Gasteiger partial charge in [-0.25, -0.2) is 0 Å². The number of carbonyl (C=O) groups excluding carboxylic acids is 1. The molecule has 2 aliphatic heterocycles. The zero-order valence-corrected chi connectivity index (χ0v) is 16.2. The van der Waals surface area contributed by atoms with Crippen LogP contribution in [0.3, 0.4) is 0 Å². The van der Waals surface area contributed by atoms with Gasteiger partial charge in [-0.05, 0) is 55.0 Å². The quantitative estimate of drug-likeness (QED) is 0.812. The van der Waals surface area contributed by atoms with E-state index in [1.807, 2.05) is 17.0 Å². The molecule has 2 fully saturated rings. The number of pyridine rings is 1. The minimum Gasteiger partial charge on any atom is -0.373 e. The van der Waals surface area contributed by atoms with Crippen LogP contribution in [0.25, 0.3) is 0 Å². The SMILES string of the molecule is O=C(c1cc2c(s1)CCC2)N1CC2(CC(OCc3ccncc3)CCO2)C1. The van der Waals surface area contributed by atoms with E-state index in [9.17, 15) is 4.79 Å². The molecule has 6 heteroatoms. The van der Waals surface area contributed by atoms with Gasteiger partial charge in [-0.2, -0.15) is 0 Å². The summed E-state index contributed by atoms with van der Waals surface area (Å²) in [4.78, 5) is 21.1. The molecule has 2 saturated heterocycles. The van der Waals surface area contributed by atoms with E-state index in [0.29, 0.717) is 26.3 Å². The van der Waals surface area contributed by atoms with Gasteiger partial charge >= 0.3 is 0 Å². The molecule has 0 N–H and O–H groups in total. The fourth-order valence-electron chi connectivity index (χ4n) is 4.42. The van der Waals surface area contributed by atoms with Crippen molar-refractivity contribution in [3.05, 3.63) is 51.5 Å². The molecule has 0 bridgehead atoms. The highest BCUT2D eigenvalue weighted by Crippen LogP contribution is 2.38. The van der Waals surface area contributed by atoms with Gasteiger partial charge in [0.2, 0.25) is 0 Å². The molecule has 0 saturated carbocycles. The smallest absolute Gasteiger partial charge is 0.264 e. The molecule has 5 rings (SSSR count). The fourth-order valence-corrected chi connectivity index (χ4v) is 5.64. The number of ether oxygens (including phenoxy) is 2. The lowest BCUT2D eigenvalue weighted by Crippen LogP contribution is -2.67. The molecule has 2 aromatic rings. The second kappa shape index (κ2) is 7.00. The summed E-state index contributed by atoms with van der Waals surface area (Å²) in [5, 5.41) is 0. The Hall–Kier alpha value is -1.76. The Bertz CT molecular complexity index is 808. The van der Waals surface area contributed by atoms with Gasteiger partial charge in [-0.1, -0.05) is 0 Å². The lowest BCUT2D eigenvalue weighted by Gasteiger charge is -2.52. The summed E-state index contributed by atoms with van der Waals surface area (Å²) in [5.74, 6) is 0.170. The summed E-state index contributed by atoms with van der Waals surface area (Å²) < 4.78 is 12.2. The average Bonchev–Trinajstić information content (AvgIpc) is 3.27. The molecule has 5 nitrogen and oxygen atoms in total. The van der Waals surface area contributed by atoms with Crippen LogP contribution in [0.2, 0.25) is 0 Å². The number of amides is 1. The van der Waals surface area contributed by atoms with E-state index >= 15 is 0 Å². The zero-order chi connectivity index (χ0) is 18.3. The van der Waals surface area contributed by atoms with Crippen LogP contribution in [-0.2, 0) is 28.9 Å². The van der Waals surface area contributed by atoms with Crippen LogP contribution < -0.4 is 0 Å². The first-order valence-electron chi connectivity index (χ1n) is 9.76. The first-order chi connectivity index (χ1) is 13.2. The highest BCUT2D eigenvalue weighted by atomic mass is 32.1. The minimum absolute atomic E-state index is 0.170. The Balaban J connectivity index is 1.16. The van der Waals surface area contributed by atoms with Crippen molar-refractivity contribution in [3.8, 4) is 0 Å². The maximum atomic E-state index is 12.8. The number of hydrogen-bond acceptors (Lipinski definition) is 5. The van der Waals surface area contributed by atoms with Gasteiger partial charge in [0.1, 0.15) is 5.60 Å². The third kappa shape index (κ3) is 3.42. The summed E-state index contributed by atoms with van der Waals surface area (Å²) in [6.07, 6.45) is 9.05. The van der Waals surface area contributed by atoms with Gasteiger partial charge < -0.3 is 14.4 Å². The van der Waals surface area contributed by atoms with Crippen molar-refractivity contribution in [2.45, 2.75) is 50.4 Å². The van der Waals surface area contributed by atoms with Gasteiger partial charge in [0.15, 0.2) is 0 Å². The highest BCUT2D eigenvalue weighted by molar-refractivity contribution is 7.14. The van der Waals surface area contributed by atoms with E-state index in [2.05, 4.69) is 11.1 Å². The average molecular weight is 385 g/mol. The molecule has 1 unspecified atom stereocenters. The van der Waals surface area contributed by atoms with Gasteiger partial charge in [-0.15, -0.1) is 11.3 Å². The molecule has 4 heterocycles. The molecule has 1 atom stereocenters. The molecule has 0 aromatic carbocycles. The summed E-state index contributed by atoms with van der Waals surface area (Å²) in [6, 6.07) is 6.08. The van der Waals surface area contributed by atoms with Gasteiger partial charge in [0, 0.05) is 30.3 Å². The van der Waals surface area contributed by atoms with Crippen molar-refractivity contribution in [3.63, 3.8) is 0 Å². The molecule has 3 aliphatic rings. The van der Waals surface area contributed by atoms with E-state index in [0.717, 1.165) is 36.1 Å². The zero-order valence-electron chi connectivity index (χ0n) is 15.4. The molecule has 142 valence electrons. The van der Waals surface area contributed by atoms with E-state index in [1.54, 1.807) is 23.7 Å². The molecule has 0 radical (unpaired) electrons. The molecular weight excluding hydrogens is 360 g/mol. The molecule has 1 amide bonds. The van der Waals surface area contributed by atoms with Gasteiger partial charge in [0.05, 0.1) is 30.7 Å². The Kier molecular flexibility index (Phi) is 4.50. The monoisotopic (exact) mass is 384 g/mol. The minimum atomic E-state index is -0.212. The van der Waals surface area contributed by atoms with Crippen LogP contribution in [0.5, 0.6) is 0 Å². The van der Waals surface area contributed by atoms with E-state index in [4.69, 9.17) is 9.47 Å². The molecule has 27 heavy (non-hydrogen) atoms. The number of nitrogens with zero attached hydrogens (tertiary/aromatic N) is 2. The Morgan fingerprint density at radius 2 is 2.19 bits per heavy atom. The van der Waals surface area contributed by atoms with E-state index in [1.165, 1.54) is 16.9 Å². The molecule has 1 aliphatic carbocycles. The largest absolute Gasteiger partial charge is 0.373 e. The van der Waals surface area contributed by atoms with Gasteiger partial charge in [-0.3, -0.25) is 9.78 Å². The second-order valence-electron chi connectivity index (χ2n) is 7.89. The maximum Gasteiger partial charge on any atom is 0.264 e. The fraction of sp³-hybridized carbons (Fsp3) is 0.524. The summed E-state index contributed by atoms with van der Waals surface area (Å²) in [5.41, 5.74) is 2.32. The summed E-state index contributed by atoms with van der Waals surface area (Å²) in [6.45, 7) is 2.68. The van der Waals surface area contributed by atoms with E-state index < -0.39 is 0 Å². The third-order valence-electron chi connectivity index (χ3n) is 5.89. The second-order valence-corrected chi connectivity index (χ2v) is 9.02. The first-order valence-corrected chi connectivity index (χ1v) is 10.6. The number of carbonyl (C=O) groups is 1. The number of fused-ring (bicyclic) bond motifs is 1. The highest BCUT2D eigenvalue weighted by Gasteiger charge is 2.50. The van der Waals surface area contributed by atoms with Crippen LogP contribution in [0.4, 0.5) is 0 Å². The lowest BCUT2D eigenvalue weighted by molar-refractivity contribution is -0.187. The van der Waals surface area contributed by atoms with E-state index in [-0.39, 0.29) is 17.6 Å². The molecular formula is C21H24N2O3S. The van der Waals surface area contributed by atoms with Crippen LogP contribution in [0.1, 0.15) is 44.9 Å². The topological polar surface area (TPSA) is 51.7 Å². The predicted octanol–water partition coefficient (Wildman–Crippen LogP) is 3.22. The van der Waals surface area contributed by atoms with Crippen LogP contribution in [-0.4, -0.2) is 47.2 Å². The number of aromatic nitrogens is 1. The third-order valence-corrected chi connectivity index (χ3v) is 7.11. The predicted molar refractivity (Wildman–Crippen MR) is 103 cm³/mol. The Morgan fingerprint density at radius 3 is 3.00 bits per heavy atom. The standard InChI is InChI=1S/C21H24N2O3S/c24-20(19-10-16-2-1-3-18(16)27-19)23-13-21(14-23)11-17(6-9-26-21)25-12-15-4-7-22-8-5-15/h4-5,7-8,10,17H,1-3,6,9,11-14H2. The van der Waals surface area contributed by atoms with Crippen LogP contribution >= 0.6 is 11.3 Å². The molecule has 1 spiro atoms. The van der Waals surface area contributed by atoms with Crippen molar-refractivity contribution in [1.82, 2.24) is 9.88 Å².